The van der Waals surface area contributed by atoms with E-state index in [1.54, 1.807) is 6.92 Å². The average molecular weight is 454 g/mol. The Kier molecular flexibility index (Phi) is 15.6. The second kappa shape index (κ2) is 16.6. The zero-order valence-electron chi connectivity index (χ0n) is 19.6. The first-order valence-corrected chi connectivity index (χ1v) is 12.0. The molecule has 0 heterocycles. The highest BCUT2D eigenvalue weighted by molar-refractivity contribution is 7.99. The lowest BCUT2D eigenvalue weighted by Crippen LogP contribution is -2.43. The molecular formula is C24H39NO5S. The normalized spacial score (nSPS) is 14.0. The van der Waals surface area contributed by atoms with E-state index in [2.05, 4.69) is 51.2 Å². The number of amides is 1. The number of carboxylic acid groups (broad SMARTS) is 2. The van der Waals surface area contributed by atoms with E-state index in [-0.39, 0.29) is 12.2 Å². The summed E-state index contributed by atoms with van der Waals surface area (Å²) < 4.78 is 0. The highest BCUT2D eigenvalue weighted by Crippen LogP contribution is 2.13. The van der Waals surface area contributed by atoms with Crippen molar-refractivity contribution in [1.82, 2.24) is 5.32 Å². The monoisotopic (exact) mass is 453 g/mol. The molecule has 0 aliphatic rings. The van der Waals surface area contributed by atoms with Gasteiger partial charge in [0.1, 0.15) is 6.04 Å². The summed E-state index contributed by atoms with van der Waals surface area (Å²) in [5.74, 6) is -2.59. The van der Waals surface area contributed by atoms with Crippen LogP contribution in [0.25, 0.3) is 0 Å². The first kappa shape index (κ1) is 29.0. The molecule has 0 aliphatic heterocycles. The van der Waals surface area contributed by atoms with E-state index in [0.29, 0.717) is 12.2 Å². The number of rotatable bonds is 16. The molecule has 0 aliphatic carbocycles. The van der Waals surface area contributed by atoms with Crippen molar-refractivity contribution in [3.8, 4) is 0 Å². The van der Waals surface area contributed by atoms with Gasteiger partial charge in [-0.3, -0.25) is 9.59 Å². The summed E-state index contributed by atoms with van der Waals surface area (Å²) in [5, 5.41) is 20.8. The molecule has 0 aromatic heterocycles. The van der Waals surface area contributed by atoms with Crippen LogP contribution in [0, 0.1) is 5.92 Å². The molecular weight excluding hydrogens is 414 g/mol. The summed E-state index contributed by atoms with van der Waals surface area (Å²) in [5.41, 5.74) is 4.00. The lowest BCUT2D eigenvalue weighted by atomic mass is 10.0. The largest absolute Gasteiger partial charge is 0.481 e. The number of carboxylic acids is 2. The number of carbonyl (C=O) groups excluding carboxylic acids is 1. The fourth-order valence-corrected chi connectivity index (χ4v) is 3.78. The van der Waals surface area contributed by atoms with E-state index in [4.69, 9.17) is 5.11 Å². The van der Waals surface area contributed by atoms with Gasteiger partial charge in [-0.05, 0) is 59.8 Å². The maximum atomic E-state index is 12.0. The highest BCUT2D eigenvalue weighted by Gasteiger charge is 2.24. The van der Waals surface area contributed by atoms with Crippen molar-refractivity contribution in [3.05, 3.63) is 34.9 Å². The van der Waals surface area contributed by atoms with Crippen LogP contribution in [0.5, 0.6) is 0 Å². The number of thioether (sulfide) groups is 1. The van der Waals surface area contributed by atoms with Crippen LogP contribution in [-0.2, 0) is 14.4 Å². The van der Waals surface area contributed by atoms with Crippen molar-refractivity contribution in [3.63, 3.8) is 0 Å². The molecule has 1 amide bonds. The molecule has 0 aromatic rings. The van der Waals surface area contributed by atoms with Gasteiger partial charge in [0.2, 0.25) is 5.91 Å². The van der Waals surface area contributed by atoms with Gasteiger partial charge in [0.25, 0.3) is 0 Å². The topological polar surface area (TPSA) is 104 Å². The molecule has 0 saturated carbocycles. The molecule has 176 valence electrons. The quantitative estimate of drug-likeness (QED) is 0.219. The van der Waals surface area contributed by atoms with Gasteiger partial charge in [0.15, 0.2) is 0 Å². The summed E-state index contributed by atoms with van der Waals surface area (Å²) in [6, 6.07) is -1.02. The summed E-state index contributed by atoms with van der Waals surface area (Å²) in [6.45, 7) is 10.1. The Morgan fingerprint density at radius 2 is 1.48 bits per heavy atom. The van der Waals surface area contributed by atoms with Crippen molar-refractivity contribution < 1.29 is 24.6 Å². The maximum Gasteiger partial charge on any atom is 0.327 e. The number of nitrogens with one attached hydrogen (secondary N) is 1. The van der Waals surface area contributed by atoms with E-state index in [0.717, 1.165) is 25.7 Å². The Bertz CT molecular complexity index is 677. The lowest BCUT2D eigenvalue weighted by Gasteiger charge is -2.15. The fourth-order valence-electron chi connectivity index (χ4n) is 2.78. The van der Waals surface area contributed by atoms with Gasteiger partial charge in [-0.2, -0.15) is 11.8 Å². The van der Waals surface area contributed by atoms with Gasteiger partial charge < -0.3 is 15.5 Å². The summed E-state index contributed by atoms with van der Waals surface area (Å²) >= 11 is 1.43. The van der Waals surface area contributed by atoms with E-state index in [1.165, 1.54) is 28.5 Å². The van der Waals surface area contributed by atoms with Gasteiger partial charge in [-0.15, -0.1) is 0 Å². The Morgan fingerprint density at radius 1 is 0.903 bits per heavy atom. The van der Waals surface area contributed by atoms with Gasteiger partial charge >= 0.3 is 11.9 Å². The van der Waals surface area contributed by atoms with Crippen LogP contribution >= 0.6 is 11.8 Å². The molecule has 0 radical (unpaired) electrons. The molecule has 0 spiro atoms. The average Bonchev–Trinajstić information content (AvgIpc) is 2.67. The molecule has 2 unspecified atom stereocenters. The van der Waals surface area contributed by atoms with Crippen molar-refractivity contribution in [1.29, 1.82) is 0 Å². The van der Waals surface area contributed by atoms with Gasteiger partial charge in [-0.1, -0.05) is 41.9 Å². The van der Waals surface area contributed by atoms with Crippen LogP contribution in [0.1, 0.15) is 73.1 Å². The number of carbonyl (C=O) groups is 3. The fraction of sp³-hybridized carbons (Fsp3) is 0.625. The SMILES string of the molecule is CCC(CC(=O)NC(CSCC=C(C)CCC=C(C)CCC=C(C)C)C(=O)O)C(=O)O. The van der Waals surface area contributed by atoms with Crippen LogP contribution in [0.2, 0.25) is 0 Å². The van der Waals surface area contributed by atoms with Crippen molar-refractivity contribution in [2.75, 3.05) is 11.5 Å². The van der Waals surface area contributed by atoms with Crippen LogP contribution in [0.15, 0.2) is 34.9 Å². The van der Waals surface area contributed by atoms with E-state index in [9.17, 15) is 19.5 Å². The van der Waals surface area contributed by atoms with Gasteiger partial charge in [-0.25, -0.2) is 4.79 Å². The Morgan fingerprint density at radius 3 is 2.00 bits per heavy atom. The second-order valence-corrected chi connectivity index (χ2v) is 9.18. The first-order chi connectivity index (χ1) is 14.6. The third kappa shape index (κ3) is 15.4. The van der Waals surface area contributed by atoms with Crippen LogP contribution in [0.4, 0.5) is 0 Å². The van der Waals surface area contributed by atoms with Crippen LogP contribution < -0.4 is 5.32 Å². The molecule has 31 heavy (non-hydrogen) atoms. The Hall–Kier alpha value is -2.02. The summed E-state index contributed by atoms with van der Waals surface area (Å²) in [4.78, 5) is 34.4. The molecule has 0 rings (SSSR count). The zero-order chi connectivity index (χ0) is 23.8. The van der Waals surface area contributed by atoms with Crippen LogP contribution in [0.3, 0.4) is 0 Å². The number of hydrogen-bond acceptors (Lipinski definition) is 4. The molecule has 0 fully saturated rings. The number of hydrogen-bond donors (Lipinski definition) is 3. The Balaban J connectivity index is 4.34. The van der Waals surface area contributed by atoms with E-state index < -0.39 is 29.8 Å². The third-order valence-electron chi connectivity index (χ3n) is 4.86. The zero-order valence-corrected chi connectivity index (χ0v) is 20.4. The minimum absolute atomic E-state index is 0.208. The van der Waals surface area contributed by atoms with Crippen molar-refractivity contribution >= 4 is 29.6 Å². The van der Waals surface area contributed by atoms with E-state index >= 15 is 0 Å². The lowest BCUT2D eigenvalue weighted by molar-refractivity contribution is -0.144. The minimum atomic E-state index is -1.11. The third-order valence-corrected chi connectivity index (χ3v) is 5.84. The standard InChI is InChI=1S/C24H39NO5S/c1-6-20(23(27)28)15-22(26)25-21(24(29)30)16-31-14-13-19(5)12-8-11-18(4)10-7-9-17(2)3/h9,11,13,20-21H,6-8,10,12,14-16H2,1-5H3,(H,25,26)(H,27,28)(H,29,30). The molecule has 2 atom stereocenters. The predicted molar refractivity (Wildman–Crippen MR) is 128 cm³/mol. The van der Waals surface area contributed by atoms with Crippen molar-refractivity contribution in [2.24, 2.45) is 5.92 Å². The molecule has 0 saturated heterocycles. The molecule has 3 N–H and O–H groups in total. The molecule has 0 bridgehead atoms. The molecule has 0 aromatic carbocycles. The highest BCUT2D eigenvalue weighted by atomic mass is 32.2. The second-order valence-electron chi connectivity index (χ2n) is 8.10. The van der Waals surface area contributed by atoms with Crippen molar-refractivity contribution in [2.45, 2.75) is 79.2 Å². The predicted octanol–water partition coefficient (Wildman–Crippen LogP) is 5.21. The summed E-state index contributed by atoms with van der Waals surface area (Å²) in [7, 11) is 0. The smallest absolute Gasteiger partial charge is 0.327 e. The summed E-state index contributed by atoms with van der Waals surface area (Å²) in [6.07, 6.45) is 10.8. The maximum absolute atomic E-state index is 12.0. The van der Waals surface area contributed by atoms with Gasteiger partial charge in [0.05, 0.1) is 5.92 Å². The number of aliphatic carboxylic acids is 2. The molecule has 6 nitrogen and oxygen atoms in total. The molecule has 7 heteroatoms. The Labute approximate surface area is 191 Å². The van der Waals surface area contributed by atoms with E-state index in [1.807, 2.05) is 0 Å². The number of allylic oxidation sites excluding steroid dienone is 5. The minimum Gasteiger partial charge on any atom is -0.481 e. The first-order valence-electron chi connectivity index (χ1n) is 10.8. The van der Waals surface area contributed by atoms with Gasteiger partial charge in [0, 0.05) is 17.9 Å². The van der Waals surface area contributed by atoms with Crippen LogP contribution in [-0.4, -0.2) is 45.6 Å².